The fraction of sp³-hybridized carbons (Fsp3) is 0.269. The number of nitrogens with one attached hydrogen (secondary N) is 1. The molecule has 4 rings (SSSR count). The van der Waals surface area contributed by atoms with E-state index in [0.717, 1.165) is 23.7 Å². The van der Waals surface area contributed by atoms with E-state index in [2.05, 4.69) is 33.4 Å². The molecule has 5 nitrogen and oxygen atoms in total. The van der Waals surface area contributed by atoms with E-state index in [1.165, 1.54) is 5.56 Å². The number of ketones is 1. The lowest BCUT2D eigenvalue weighted by atomic mass is 9.91. The van der Waals surface area contributed by atoms with E-state index in [1.54, 1.807) is 40.7 Å². The van der Waals surface area contributed by atoms with Crippen molar-refractivity contribution in [2.75, 3.05) is 25.0 Å². The molecule has 1 aliphatic rings. The monoisotopic (exact) mass is 526 g/mol. The highest BCUT2D eigenvalue weighted by Gasteiger charge is 2.29. The van der Waals surface area contributed by atoms with Crippen LogP contribution in [0.1, 0.15) is 28.8 Å². The number of anilines is 1. The number of carbonyl (C=O) groups excluding carboxylic acids is 1. The van der Waals surface area contributed by atoms with Crippen molar-refractivity contribution in [2.24, 2.45) is 5.92 Å². The first-order valence-corrected chi connectivity index (χ1v) is 13.3. The molecule has 1 aliphatic heterocycles. The van der Waals surface area contributed by atoms with Crippen LogP contribution in [0.5, 0.6) is 0 Å². The fourth-order valence-corrected chi connectivity index (χ4v) is 5.85. The molecule has 172 valence electrons. The molecular weight excluding hydrogens is 500 g/mol. The van der Waals surface area contributed by atoms with Gasteiger partial charge in [-0.05, 0) is 67.1 Å². The molecule has 7 heteroatoms. The van der Waals surface area contributed by atoms with Gasteiger partial charge in [-0.25, -0.2) is 8.42 Å². The van der Waals surface area contributed by atoms with Gasteiger partial charge in [0.1, 0.15) is 0 Å². The van der Waals surface area contributed by atoms with E-state index < -0.39 is 10.0 Å². The topological polar surface area (TPSA) is 66.5 Å². The summed E-state index contributed by atoms with van der Waals surface area (Å²) < 4.78 is 28.7. The maximum Gasteiger partial charge on any atom is 0.243 e. The largest absolute Gasteiger partial charge is 0.378 e. The second kappa shape index (κ2) is 10.6. The van der Waals surface area contributed by atoms with Crippen LogP contribution < -0.4 is 5.32 Å². The third-order valence-corrected chi connectivity index (χ3v) is 8.49. The first-order valence-electron chi connectivity index (χ1n) is 11.1. The average molecular weight is 527 g/mol. The number of benzene rings is 3. The third kappa shape index (κ3) is 6.10. The minimum absolute atomic E-state index is 0.0300. The molecule has 3 aromatic rings. The van der Waals surface area contributed by atoms with Gasteiger partial charge in [-0.2, -0.15) is 4.31 Å². The maximum atomic E-state index is 13.1. The number of Topliss-reactive ketones (excluding diaryl/α,β-unsaturated/α-hetero) is 1. The first-order chi connectivity index (χ1) is 15.9. The van der Waals surface area contributed by atoms with Crippen LogP contribution in [-0.2, 0) is 16.4 Å². The Morgan fingerprint density at radius 2 is 1.55 bits per heavy atom. The Kier molecular flexibility index (Phi) is 7.63. The maximum absolute atomic E-state index is 13.1. The summed E-state index contributed by atoms with van der Waals surface area (Å²) in [6.07, 6.45) is 2.73. The number of carbonyl (C=O) groups is 1. The summed E-state index contributed by atoms with van der Waals surface area (Å²) in [5.41, 5.74) is 2.64. The summed E-state index contributed by atoms with van der Waals surface area (Å²) in [6.45, 7) is 1.23. The molecule has 33 heavy (non-hydrogen) atoms. The van der Waals surface area contributed by atoms with Gasteiger partial charge in [-0.1, -0.05) is 58.4 Å². The molecule has 1 fully saturated rings. The van der Waals surface area contributed by atoms with Crippen LogP contribution in [0.2, 0.25) is 0 Å². The van der Waals surface area contributed by atoms with Crippen molar-refractivity contribution in [3.63, 3.8) is 0 Å². The summed E-state index contributed by atoms with van der Waals surface area (Å²) in [4.78, 5) is 12.6. The van der Waals surface area contributed by atoms with E-state index in [-0.39, 0.29) is 17.2 Å². The van der Waals surface area contributed by atoms with Gasteiger partial charge < -0.3 is 5.32 Å². The van der Waals surface area contributed by atoms with Crippen LogP contribution >= 0.6 is 15.9 Å². The zero-order chi connectivity index (χ0) is 23.3. The predicted octanol–water partition coefficient (Wildman–Crippen LogP) is 5.39. The van der Waals surface area contributed by atoms with Crippen molar-refractivity contribution < 1.29 is 13.2 Å². The van der Waals surface area contributed by atoms with Gasteiger partial charge in [0.2, 0.25) is 10.0 Å². The number of piperidine rings is 1. The van der Waals surface area contributed by atoms with E-state index in [0.29, 0.717) is 30.3 Å². The fourth-order valence-electron chi connectivity index (χ4n) is 4.12. The molecule has 0 atom stereocenters. The third-order valence-electron chi connectivity index (χ3n) is 6.05. The zero-order valence-corrected chi connectivity index (χ0v) is 20.7. The van der Waals surface area contributed by atoms with Crippen molar-refractivity contribution >= 4 is 37.4 Å². The van der Waals surface area contributed by atoms with Gasteiger partial charge in [-0.3, -0.25) is 4.79 Å². The molecule has 0 bridgehead atoms. The number of halogens is 1. The van der Waals surface area contributed by atoms with Crippen LogP contribution in [0.25, 0.3) is 0 Å². The van der Waals surface area contributed by atoms with Gasteiger partial charge >= 0.3 is 0 Å². The summed E-state index contributed by atoms with van der Waals surface area (Å²) in [5.74, 6) is 0.478. The highest BCUT2D eigenvalue weighted by molar-refractivity contribution is 9.10. The van der Waals surface area contributed by atoms with E-state index in [4.69, 9.17) is 0 Å². The van der Waals surface area contributed by atoms with Crippen molar-refractivity contribution in [2.45, 2.75) is 24.2 Å². The Hall–Kier alpha value is -2.48. The number of sulfonamides is 1. The van der Waals surface area contributed by atoms with Gasteiger partial charge in [0.15, 0.2) is 5.78 Å². The molecule has 1 heterocycles. The second-order valence-corrected chi connectivity index (χ2v) is 11.2. The molecular formula is C26H27BrN2O3S. The molecule has 0 spiro atoms. The Balaban J connectivity index is 1.31. The number of nitrogens with zero attached hydrogens (tertiary/aromatic N) is 1. The summed E-state index contributed by atoms with van der Waals surface area (Å²) in [7, 11) is -3.52. The van der Waals surface area contributed by atoms with Gasteiger partial charge in [0.25, 0.3) is 0 Å². The van der Waals surface area contributed by atoms with Crippen molar-refractivity contribution in [1.29, 1.82) is 0 Å². The molecule has 0 aromatic heterocycles. The smallest absolute Gasteiger partial charge is 0.243 e. The van der Waals surface area contributed by atoms with Crippen LogP contribution in [0.15, 0.2) is 88.2 Å². The van der Waals surface area contributed by atoms with Crippen molar-refractivity contribution in [3.05, 3.63) is 94.5 Å². The molecule has 0 aliphatic carbocycles. The minimum Gasteiger partial charge on any atom is -0.378 e. The molecule has 1 saturated heterocycles. The first kappa shape index (κ1) is 23.7. The molecule has 3 aromatic carbocycles. The van der Waals surface area contributed by atoms with E-state index >= 15 is 0 Å². The highest BCUT2D eigenvalue weighted by atomic mass is 79.9. The minimum atomic E-state index is -3.52. The van der Waals surface area contributed by atoms with Gasteiger partial charge in [0, 0.05) is 28.8 Å². The highest BCUT2D eigenvalue weighted by Crippen LogP contribution is 2.27. The lowest BCUT2D eigenvalue weighted by Gasteiger charge is -2.31. The molecule has 0 unspecified atom stereocenters. The van der Waals surface area contributed by atoms with Crippen molar-refractivity contribution in [1.82, 2.24) is 4.31 Å². The Bertz CT molecular complexity index is 1170. The number of rotatable bonds is 8. The van der Waals surface area contributed by atoms with E-state index in [9.17, 15) is 13.2 Å². The summed E-state index contributed by atoms with van der Waals surface area (Å²) in [5, 5.41) is 3.07. The van der Waals surface area contributed by atoms with E-state index in [1.807, 2.05) is 30.3 Å². The van der Waals surface area contributed by atoms with Gasteiger partial charge in [0.05, 0.1) is 11.4 Å². The average Bonchev–Trinajstić information content (AvgIpc) is 2.84. The summed E-state index contributed by atoms with van der Waals surface area (Å²) in [6, 6.07) is 24.2. The lowest BCUT2D eigenvalue weighted by molar-refractivity contribution is 0.101. The lowest BCUT2D eigenvalue weighted by Crippen LogP contribution is -2.38. The number of hydrogen-bond acceptors (Lipinski definition) is 4. The Labute approximate surface area is 204 Å². The van der Waals surface area contributed by atoms with Gasteiger partial charge in [-0.15, -0.1) is 0 Å². The summed E-state index contributed by atoms with van der Waals surface area (Å²) >= 11 is 3.36. The molecule has 0 amide bonds. The van der Waals surface area contributed by atoms with Crippen LogP contribution in [0.3, 0.4) is 0 Å². The molecule has 0 radical (unpaired) electrons. The van der Waals surface area contributed by atoms with Crippen LogP contribution in [-0.4, -0.2) is 38.1 Å². The second-order valence-electron chi connectivity index (χ2n) is 8.35. The molecule has 0 saturated carbocycles. The molecule has 1 N–H and O–H groups in total. The Morgan fingerprint density at radius 1 is 0.909 bits per heavy atom. The SMILES string of the molecule is O=C(CNc1ccc(S(=O)(=O)N2CCC(Cc3ccccc3)CC2)cc1)c1ccc(Br)cc1. The van der Waals surface area contributed by atoms with Crippen LogP contribution in [0.4, 0.5) is 5.69 Å². The zero-order valence-electron chi connectivity index (χ0n) is 18.3. The Morgan fingerprint density at radius 3 is 2.18 bits per heavy atom. The standard InChI is InChI=1S/C26H27BrN2O3S/c27-23-8-6-22(7-9-23)26(30)19-28-24-10-12-25(13-11-24)33(31,32)29-16-14-21(15-17-29)18-20-4-2-1-3-5-20/h1-13,21,28H,14-19H2. The van der Waals surface area contributed by atoms with Crippen molar-refractivity contribution in [3.8, 4) is 0 Å². The van der Waals surface area contributed by atoms with Crippen LogP contribution in [0, 0.1) is 5.92 Å². The predicted molar refractivity (Wildman–Crippen MR) is 135 cm³/mol. The quantitative estimate of drug-likeness (QED) is 0.399. The normalized spacial score (nSPS) is 15.3. The number of hydrogen-bond donors (Lipinski definition) is 1.